The molecule has 0 heterocycles. The van der Waals surface area contributed by atoms with Gasteiger partial charge in [-0.3, -0.25) is 4.79 Å². The van der Waals surface area contributed by atoms with Crippen LogP contribution in [0.1, 0.15) is 22.8 Å². The summed E-state index contributed by atoms with van der Waals surface area (Å²) in [5.41, 5.74) is 1.07. The van der Waals surface area contributed by atoms with Gasteiger partial charge in [0.1, 0.15) is 5.82 Å². The summed E-state index contributed by atoms with van der Waals surface area (Å²) in [5, 5.41) is 11.5. The number of amides is 1. The molecule has 0 aromatic heterocycles. The number of hydrogen-bond acceptors (Lipinski definition) is 2. The minimum Gasteiger partial charge on any atom is -0.396 e. The van der Waals surface area contributed by atoms with Crippen LogP contribution in [0.25, 0.3) is 0 Å². The molecule has 0 saturated heterocycles. The Morgan fingerprint density at radius 3 is 2.88 bits per heavy atom. The predicted octanol–water partition coefficient (Wildman–Crippen LogP) is 1.49. The Bertz CT molecular complexity index is 379. The number of hydrogen-bond donors (Lipinski definition) is 2. The second-order valence-corrected chi connectivity index (χ2v) is 3.96. The van der Waals surface area contributed by atoms with Crippen molar-refractivity contribution in [3.63, 3.8) is 0 Å². The summed E-state index contributed by atoms with van der Waals surface area (Å²) in [6.07, 6.45) is 0. The number of aliphatic hydroxyl groups is 1. The van der Waals surface area contributed by atoms with Crippen molar-refractivity contribution < 1.29 is 14.3 Å². The van der Waals surface area contributed by atoms with Crippen LogP contribution in [0, 0.1) is 18.7 Å². The highest BCUT2D eigenvalue weighted by Gasteiger charge is 2.10. The zero-order valence-electron chi connectivity index (χ0n) is 9.46. The van der Waals surface area contributed by atoms with Crippen molar-refractivity contribution in [2.75, 3.05) is 13.2 Å². The fraction of sp³-hybridized carbons (Fsp3) is 0.417. The molecule has 0 fully saturated rings. The van der Waals surface area contributed by atoms with E-state index in [1.54, 1.807) is 13.0 Å². The highest BCUT2D eigenvalue weighted by Crippen LogP contribution is 2.10. The smallest absolute Gasteiger partial charge is 0.251 e. The van der Waals surface area contributed by atoms with Crippen LogP contribution in [0.2, 0.25) is 0 Å². The molecule has 4 heteroatoms. The molecule has 0 aliphatic heterocycles. The number of halogens is 1. The number of aryl methyl sites for hydroxylation is 1. The molecule has 0 aliphatic carbocycles. The Morgan fingerprint density at radius 2 is 2.25 bits per heavy atom. The summed E-state index contributed by atoms with van der Waals surface area (Å²) >= 11 is 0. The first-order valence-corrected chi connectivity index (χ1v) is 5.19. The lowest BCUT2D eigenvalue weighted by Crippen LogP contribution is -2.30. The summed E-state index contributed by atoms with van der Waals surface area (Å²) in [4.78, 5) is 11.7. The van der Waals surface area contributed by atoms with Gasteiger partial charge in [-0.15, -0.1) is 0 Å². The molecule has 0 spiro atoms. The van der Waals surface area contributed by atoms with Gasteiger partial charge in [0.05, 0.1) is 0 Å². The molecular weight excluding hydrogens is 209 g/mol. The third-order valence-corrected chi connectivity index (χ3v) is 2.37. The monoisotopic (exact) mass is 225 g/mol. The van der Waals surface area contributed by atoms with Crippen molar-refractivity contribution in [3.05, 3.63) is 35.1 Å². The number of benzene rings is 1. The van der Waals surface area contributed by atoms with Gasteiger partial charge in [0, 0.05) is 18.7 Å². The Labute approximate surface area is 94.3 Å². The van der Waals surface area contributed by atoms with Gasteiger partial charge in [0.25, 0.3) is 5.91 Å². The van der Waals surface area contributed by atoms with Crippen molar-refractivity contribution in [1.82, 2.24) is 5.32 Å². The van der Waals surface area contributed by atoms with Gasteiger partial charge in [-0.25, -0.2) is 4.39 Å². The van der Waals surface area contributed by atoms with Crippen molar-refractivity contribution in [1.29, 1.82) is 0 Å². The fourth-order valence-corrected chi connectivity index (χ4v) is 1.27. The van der Waals surface area contributed by atoms with E-state index in [1.165, 1.54) is 12.1 Å². The fourth-order valence-electron chi connectivity index (χ4n) is 1.27. The van der Waals surface area contributed by atoms with Gasteiger partial charge in [-0.1, -0.05) is 13.0 Å². The van der Waals surface area contributed by atoms with E-state index in [9.17, 15) is 9.18 Å². The van der Waals surface area contributed by atoms with Crippen LogP contribution in [-0.4, -0.2) is 24.2 Å². The maximum Gasteiger partial charge on any atom is 0.251 e. The van der Waals surface area contributed by atoms with Gasteiger partial charge >= 0.3 is 0 Å². The zero-order chi connectivity index (χ0) is 12.1. The SMILES string of the molecule is Cc1ccc(F)cc1C(=O)NCC(C)CO. The molecule has 2 N–H and O–H groups in total. The first-order chi connectivity index (χ1) is 7.54. The van der Waals surface area contributed by atoms with Gasteiger partial charge in [0.15, 0.2) is 0 Å². The van der Waals surface area contributed by atoms with Crippen molar-refractivity contribution in [2.24, 2.45) is 5.92 Å². The molecule has 1 rings (SSSR count). The highest BCUT2D eigenvalue weighted by atomic mass is 19.1. The maximum atomic E-state index is 13.0. The van der Waals surface area contributed by atoms with Gasteiger partial charge in [0.2, 0.25) is 0 Å². The van der Waals surface area contributed by atoms with E-state index >= 15 is 0 Å². The quantitative estimate of drug-likeness (QED) is 0.815. The second kappa shape index (κ2) is 5.61. The number of carbonyl (C=O) groups excluding carboxylic acids is 1. The molecule has 0 saturated carbocycles. The lowest BCUT2D eigenvalue weighted by molar-refractivity contribution is 0.0941. The number of rotatable bonds is 4. The van der Waals surface area contributed by atoms with Crippen LogP contribution in [0.3, 0.4) is 0 Å². The van der Waals surface area contributed by atoms with Crippen LogP contribution >= 0.6 is 0 Å². The van der Waals surface area contributed by atoms with Crippen LogP contribution < -0.4 is 5.32 Å². The summed E-state index contributed by atoms with van der Waals surface area (Å²) < 4.78 is 13.0. The van der Waals surface area contributed by atoms with Crippen LogP contribution in [-0.2, 0) is 0 Å². The van der Waals surface area contributed by atoms with E-state index in [4.69, 9.17) is 5.11 Å². The molecule has 0 aliphatic rings. The minimum atomic E-state index is -0.425. The standard InChI is InChI=1S/C12H16FNO2/c1-8(7-15)6-14-12(16)11-5-10(13)4-3-9(11)2/h3-5,8,15H,6-7H2,1-2H3,(H,14,16). The minimum absolute atomic E-state index is 0.00202. The van der Waals surface area contributed by atoms with E-state index in [0.717, 1.165) is 5.56 Å². The Balaban J connectivity index is 2.69. The third-order valence-electron chi connectivity index (χ3n) is 2.37. The number of nitrogens with one attached hydrogen (secondary N) is 1. The molecule has 1 aromatic rings. The zero-order valence-corrected chi connectivity index (χ0v) is 9.46. The molecule has 1 atom stereocenters. The van der Waals surface area contributed by atoms with Gasteiger partial charge < -0.3 is 10.4 Å². The van der Waals surface area contributed by atoms with E-state index in [0.29, 0.717) is 12.1 Å². The first-order valence-electron chi connectivity index (χ1n) is 5.19. The largest absolute Gasteiger partial charge is 0.396 e. The summed E-state index contributed by atoms with van der Waals surface area (Å²) in [6, 6.07) is 4.11. The molecule has 0 radical (unpaired) electrons. The first kappa shape index (κ1) is 12.6. The molecule has 1 amide bonds. The average Bonchev–Trinajstić information content (AvgIpc) is 2.28. The number of aliphatic hydroxyl groups excluding tert-OH is 1. The van der Waals surface area contributed by atoms with E-state index in [2.05, 4.69) is 5.32 Å². The summed E-state index contributed by atoms with van der Waals surface area (Å²) in [6.45, 7) is 3.97. The maximum absolute atomic E-state index is 13.0. The van der Waals surface area contributed by atoms with Crippen LogP contribution in [0.15, 0.2) is 18.2 Å². The summed E-state index contributed by atoms with van der Waals surface area (Å²) in [5.74, 6) is -0.735. The molecule has 16 heavy (non-hydrogen) atoms. The third kappa shape index (κ3) is 3.31. The average molecular weight is 225 g/mol. The second-order valence-electron chi connectivity index (χ2n) is 3.96. The molecular formula is C12H16FNO2. The predicted molar refractivity (Wildman–Crippen MR) is 59.7 cm³/mol. The van der Waals surface area contributed by atoms with E-state index < -0.39 is 5.82 Å². The van der Waals surface area contributed by atoms with Crippen molar-refractivity contribution in [2.45, 2.75) is 13.8 Å². The Morgan fingerprint density at radius 1 is 1.56 bits per heavy atom. The normalized spacial score (nSPS) is 12.2. The Hall–Kier alpha value is -1.42. The highest BCUT2D eigenvalue weighted by molar-refractivity contribution is 5.95. The lowest BCUT2D eigenvalue weighted by atomic mass is 10.1. The van der Waals surface area contributed by atoms with E-state index in [-0.39, 0.29) is 18.4 Å². The Kier molecular flexibility index (Phi) is 4.43. The molecule has 1 aromatic carbocycles. The molecule has 88 valence electrons. The summed E-state index contributed by atoms with van der Waals surface area (Å²) in [7, 11) is 0. The molecule has 3 nitrogen and oxygen atoms in total. The van der Waals surface area contributed by atoms with Crippen LogP contribution in [0.5, 0.6) is 0 Å². The van der Waals surface area contributed by atoms with Gasteiger partial charge in [-0.2, -0.15) is 0 Å². The number of carbonyl (C=O) groups is 1. The molecule has 0 bridgehead atoms. The molecule has 1 unspecified atom stereocenters. The topological polar surface area (TPSA) is 49.3 Å². The van der Waals surface area contributed by atoms with Gasteiger partial charge in [-0.05, 0) is 30.5 Å². The lowest BCUT2D eigenvalue weighted by Gasteiger charge is -2.11. The van der Waals surface area contributed by atoms with Crippen LogP contribution in [0.4, 0.5) is 4.39 Å². The van der Waals surface area contributed by atoms with Crippen molar-refractivity contribution in [3.8, 4) is 0 Å². The van der Waals surface area contributed by atoms with E-state index in [1.807, 2.05) is 6.92 Å². The van der Waals surface area contributed by atoms with Crippen molar-refractivity contribution >= 4 is 5.91 Å².